The van der Waals surface area contributed by atoms with E-state index in [0.717, 1.165) is 25.1 Å². The van der Waals surface area contributed by atoms with Crippen LogP contribution >= 0.6 is 0 Å². The summed E-state index contributed by atoms with van der Waals surface area (Å²) < 4.78 is 11.5. The predicted octanol–water partition coefficient (Wildman–Crippen LogP) is 2.68. The maximum absolute atomic E-state index is 12.0. The van der Waals surface area contributed by atoms with Crippen LogP contribution in [-0.4, -0.2) is 32.1 Å². The van der Waals surface area contributed by atoms with E-state index in [0.29, 0.717) is 24.7 Å². The van der Waals surface area contributed by atoms with Crippen molar-refractivity contribution in [1.29, 1.82) is 0 Å². The van der Waals surface area contributed by atoms with Gasteiger partial charge in [0.05, 0.1) is 0 Å². The molecule has 0 fully saturated rings. The maximum Gasteiger partial charge on any atom is 0.258 e. The Bertz CT molecular complexity index is 744. The number of hydrogen-bond acceptors (Lipinski definition) is 4. The molecule has 136 valence electrons. The zero-order chi connectivity index (χ0) is 18.0. The van der Waals surface area contributed by atoms with Crippen molar-refractivity contribution < 1.29 is 14.3 Å². The molecular weight excluding hydrogens is 328 g/mol. The summed E-state index contributed by atoms with van der Waals surface area (Å²) in [5.74, 6) is 1.06. The summed E-state index contributed by atoms with van der Waals surface area (Å²) in [6.07, 6.45) is 3.09. The van der Waals surface area contributed by atoms with Crippen LogP contribution in [0, 0.1) is 0 Å². The van der Waals surface area contributed by atoms with Crippen LogP contribution in [0.3, 0.4) is 0 Å². The normalized spacial score (nSPS) is 13.6. The van der Waals surface area contributed by atoms with Gasteiger partial charge in [-0.1, -0.05) is 54.1 Å². The fourth-order valence-electron chi connectivity index (χ4n) is 2.66. The lowest BCUT2D eigenvalue weighted by Crippen LogP contribution is -2.32. The zero-order valence-corrected chi connectivity index (χ0v) is 14.7. The second-order valence-corrected chi connectivity index (χ2v) is 6.10. The van der Waals surface area contributed by atoms with Gasteiger partial charge < -0.3 is 20.1 Å². The summed E-state index contributed by atoms with van der Waals surface area (Å²) in [4.78, 5) is 12.0. The Balaban J connectivity index is 1.48. The van der Waals surface area contributed by atoms with E-state index in [4.69, 9.17) is 9.47 Å². The van der Waals surface area contributed by atoms with Gasteiger partial charge in [-0.2, -0.15) is 0 Å². The Morgan fingerprint density at radius 3 is 2.46 bits per heavy atom. The second-order valence-electron chi connectivity index (χ2n) is 6.10. The molecule has 1 amide bonds. The fraction of sp³-hybridized carbons (Fsp3) is 0.286. The van der Waals surface area contributed by atoms with Gasteiger partial charge >= 0.3 is 0 Å². The predicted molar refractivity (Wildman–Crippen MR) is 101 cm³/mol. The minimum absolute atomic E-state index is 0.0305. The molecule has 1 heterocycles. The van der Waals surface area contributed by atoms with Crippen LogP contribution in [-0.2, 0) is 11.4 Å². The number of para-hydroxylation sites is 2. The summed E-state index contributed by atoms with van der Waals surface area (Å²) in [5.41, 5.74) is 2.33. The Morgan fingerprint density at radius 1 is 1.00 bits per heavy atom. The van der Waals surface area contributed by atoms with E-state index in [1.165, 1.54) is 5.57 Å². The van der Waals surface area contributed by atoms with Crippen LogP contribution in [0.25, 0.3) is 0 Å². The minimum atomic E-state index is -0.137. The SMILES string of the molecule is O=C(COc1ccccc1OCc1ccccc1)NCC1=CCNCC1. The van der Waals surface area contributed by atoms with Gasteiger partial charge in [0, 0.05) is 13.1 Å². The number of amides is 1. The summed E-state index contributed by atoms with van der Waals surface area (Å²) in [7, 11) is 0. The van der Waals surface area contributed by atoms with E-state index < -0.39 is 0 Å². The van der Waals surface area contributed by atoms with Crippen molar-refractivity contribution >= 4 is 5.91 Å². The molecule has 0 atom stereocenters. The lowest BCUT2D eigenvalue weighted by molar-refractivity contribution is -0.122. The average Bonchev–Trinajstić information content (AvgIpc) is 2.71. The molecule has 0 radical (unpaired) electrons. The molecule has 2 N–H and O–H groups in total. The van der Waals surface area contributed by atoms with Gasteiger partial charge in [-0.05, 0) is 30.7 Å². The average molecular weight is 352 g/mol. The molecule has 2 aromatic rings. The molecule has 5 heteroatoms. The Labute approximate surface area is 154 Å². The van der Waals surface area contributed by atoms with E-state index in [2.05, 4.69) is 16.7 Å². The van der Waals surface area contributed by atoms with Crippen LogP contribution in [0.4, 0.5) is 0 Å². The first-order chi connectivity index (χ1) is 12.8. The van der Waals surface area contributed by atoms with Crippen molar-refractivity contribution in [2.75, 3.05) is 26.2 Å². The number of hydrogen-bond donors (Lipinski definition) is 2. The summed E-state index contributed by atoms with van der Waals surface area (Å²) >= 11 is 0. The third-order valence-corrected chi connectivity index (χ3v) is 4.12. The highest BCUT2D eigenvalue weighted by atomic mass is 16.5. The molecular formula is C21H24N2O3. The molecule has 26 heavy (non-hydrogen) atoms. The van der Waals surface area contributed by atoms with Crippen molar-refractivity contribution in [2.45, 2.75) is 13.0 Å². The molecule has 0 aliphatic carbocycles. The third-order valence-electron chi connectivity index (χ3n) is 4.12. The van der Waals surface area contributed by atoms with Crippen molar-refractivity contribution in [3.63, 3.8) is 0 Å². The van der Waals surface area contributed by atoms with Crippen molar-refractivity contribution in [1.82, 2.24) is 10.6 Å². The molecule has 1 aliphatic heterocycles. The number of benzene rings is 2. The Hall–Kier alpha value is -2.79. The van der Waals surface area contributed by atoms with Gasteiger partial charge in [0.2, 0.25) is 0 Å². The fourth-order valence-corrected chi connectivity index (χ4v) is 2.66. The van der Waals surface area contributed by atoms with E-state index in [1.54, 1.807) is 0 Å². The largest absolute Gasteiger partial charge is 0.485 e. The molecule has 0 saturated heterocycles. The van der Waals surface area contributed by atoms with Gasteiger partial charge in [0.25, 0.3) is 5.91 Å². The number of ether oxygens (including phenoxy) is 2. The molecule has 0 unspecified atom stereocenters. The second kappa shape index (κ2) is 9.63. The topological polar surface area (TPSA) is 59.6 Å². The molecule has 0 spiro atoms. The minimum Gasteiger partial charge on any atom is -0.485 e. The molecule has 0 bridgehead atoms. The summed E-state index contributed by atoms with van der Waals surface area (Å²) in [6, 6.07) is 17.3. The lowest BCUT2D eigenvalue weighted by atomic mass is 10.1. The van der Waals surface area contributed by atoms with Gasteiger partial charge in [0.1, 0.15) is 6.61 Å². The highest BCUT2D eigenvalue weighted by Crippen LogP contribution is 2.27. The number of nitrogens with one attached hydrogen (secondary N) is 2. The van der Waals surface area contributed by atoms with Gasteiger partial charge in [-0.15, -0.1) is 0 Å². The molecule has 0 aromatic heterocycles. The van der Waals surface area contributed by atoms with Crippen LogP contribution in [0.5, 0.6) is 11.5 Å². The van der Waals surface area contributed by atoms with Crippen molar-refractivity contribution in [3.05, 3.63) is 71.8 Å². The molecule has 2 aromatic carbocycles. The molecule has 1 aliphatic rings. The van der Waals surface area contributed by atoms with Gasteiger partial charge in [-0.3, -0.25) is 4.79 Å². The highest BCUT2D eigenvalue weighted by molar-refractivity contribution is 5.77. The van der Waals surface area contributed by atoms with Crippen LogP contribution < -0.4 is 20.1 Å². The van der Waals surface area contributed by atoms with Crippen LogP contribution in [0.2, 0.25) is 0 Å². The smallest absolute Gasteiger partial charge is 0.258 e. The first kappa shape index (κ1) is 18.0. The monoisotopic (exact) mass is 352 g/mol. The first-order valence-electron chi connectivity index (χ1n) is 8.85. The van der Waals surface area contributed by atoms with E-state index in [9.17, 15) is 4.79 Å². The zero-order valence-electron chi connectivity index (χ0n) is 14.7. The summed E-state index contributed by atoms with van der Waals surface area (Å²) in [6.45, 7) is 2.83. The van der Waals surface area contributed by atoms with Crippen molar-refractivity contribution in [3.8, 4) is 11.5 Å². The van der Waals surface area contributed by atoms with Gasteiger partial charge in [0.15, 0.2) is 18.1 Å². The summed E-state index contributed by atoms with van der Waals surface area (Å²) in [5, 5.41) is 6.15. The molecule has 3 rings (SSSR count). The Kier molecular flexibility index (Phi) is 6.67. The third kappa shape index (κ3) is 5.63. The molecule has 5 nitrogen and oxygen atoms in total. The highest BCUT2D eigenvalue weighted by Gasteiger charge is 2.09. The van der Waals surface area contributed by atoms with Crippen LogP contribution in [0.1, 0.15) is 12.0 Å². The number of rotatable bonds is 8. The van der Waals surface area contributed by atoms with E-state index >= 15 is 0 Å². The lowest BCUT2D eigenvalue weighted by Gasteiger charge is -2.15. The van der Waals surface area contributed by atoms with Gasteiger partial charge in [-0.25, -0.2) is 0 Å². The number of carbonyl (C=O) groups excluding carboxylic acids is 1. The standard InChI is InChI=1S/C21H24N2O3/c24-21(23-14-17-10-12-22-13-11-17)16-26-20-9-5-4-8-19(20)25-15-18-6-2-1-3-7-18/h1-10,22H,11-16H2,(H,23,24). The quantitative estimate of drug-likeness (QED) is 0.717. The van der Waals surface area contributed by atoms with Crippen LogP contribution in [0.15, 0.2) is 66.2 Å². The Morgan fingerprint density at radius 2 is 1.73 bits per heavy atom. The van der Waals surface area contributed by atoms with E-state index in [1.807, 2.05) is 54.6 Å². The number of carbonyl (C=O) groups is 1. The first-order valence-corrected chi connectivity index (χ1v) is 8.85. The molecule has 0 saturated carbocycles. The van der Waals surface area contributed by atoms with E-state index in [-0.39, 0.29) is 12.5 Å². The van der Waals surface area contributed by atoms with Crippen molar-refractivity contribution in [2.24, 2.45) is 0 Å². The maximum atomic E-state index is 12.0.